The smallest absolute Gasteiger partial charge is 0.187 e. The summed E-state index contributed by atoms with van der Waals surface area (Å²) in [6.45, 7) is 8.82. The molecule has 0 radical (unpaired) electrons. The zero-order valence-electron chi connectivity index (χ0n) is 48.7. The molecule has 2 saturated carbocycles. The number of aromatic nitrogens is 2. The van der Waals surface area contributed by atoms with Crippen molar-refractivity contribution in [2.24, 2.45) is 11.8 Å². The Morgan fingerprint density at radius 3 is 1.91 bits per heavy atom. The van der Waals surface area contributed by atoms with Gasteiger partial charge in [-0.3, -0.25) is 0 Å². The molecule has 364 valence electrons. The maximum atomic E-state index is 14.8. The first-order valence-electron chi connectivity index (χ1n) is 27.1. The normalized spacial score (nSPS) is 16.7. The fraction of sp³-hybridized carbons (Fsp3) is 0.382. The second-order valence-corrected chi connectivity index (χ2v) is 20.3. The summed E-state index contributed by atoms with van der Waals surface area (Å²) in [6.07, 6.45) is 14.1. The van der Waals surface area contributed by atoms with E-state index in [4.69, 9.17) is 62.8 Å². The second kappa shape index (κ2) is 24.9. The molecule has 2 atom stereocenters. The van der Waals surface area contributed by atoms with E-state index in [9.17, 15) is 13.9 Å². The largest absolute Gasteiger partial charge is 0.496 e. The predicted octanol–water partition coefficient (Wildman–Crippen LogP) is 15.5. The van der Waals surface area contributed by atoms with Crippen molar-refractivity contribution < 1.29 is 37.1 Å². The molecule has 14 heteroatoms. The van der Waals surface area contributed by atoms with E-state index in [1.807, 2.05) is 38.8 Å². The topological polar surface area (TPSA) is 79.7 Å². The van der Waals surface area contributed by atoms with Crippen molar-refractivity contribution >= 4 is 72.1 Å². The van der Waals surface area contributed by atoms with E-state index in [0.29, 0.717) is 63.3 Å². The molecular formula is C55H59BrCl2F2N4O3S2. The Labute approximate surface area is 447 Å². The zero-order chi connectivity index (χ0) is 58.5. The van der Waals surface area contributed by atoms with Gasteiger partial charge in [-0.25, -0.2) is 18.7 Å². The van der Waals surface area contributed by atoms with Gasteiger partial charge in [0.15, 0.2) is 10.3 Å². The molecule has 0 amide bonds. The number of ether oxygens (including phenoxy) is 2. The van der Waals surface area contributed by atoms with Gasteiger partial charge in [-0.15, -0.1) is 35.5 Å². The number of thiazole rings is 2. The summed E-state index contributed by atoms with van der Waals surface area (Å²) in [4.78, 5) is 13.1. The number of aryl methyl sites for hydroxylation is 5. The molecule has 2 aromatic heterocycles. The van der Waals surface area contributed by atoms with Gasteiger partial charge >= 0.3 is 0 Å². The number of aliphatic hydroxyl groups excluding tert-OH is 1. The number of nitrogens with one attached hydrogen (secondary N) is 1. The van der Waals surface area contributed by atoms with E-state index in [1.54, 1.807) is 43.0 Å². The van der Waals surface area contributed by atoms with E-state index in [1.165, 1.54) is 59.8 Å². The molecule has 0 unspecified atom stereocenters. The number of terminal acetylenes is 2. The molecule has 0 bridgehead atoms. The number of aliphatic hydroxyl groups is 1. The number of anilines is 2. The van der Waals surface area contributed by atoms with Crippen LogP contribution in [-0.2, 0) is 13.0 Å². The summed E-state index contributed by atoms with van der Waals surface area (Å²) in [7, 11) is -5.17. The second-order valence-electron chi connectivity index (χ2n) is 16.7. The Bertz CT molecular complexity index is 3220. The van der Waals surface area contributed by atoms with Crippen molar-refractivity contribution in [2.45, 2.75) is 98.2 Å². The van der Waals surface area contributed by atoms with Crippen LogP contribution in [-0.4, -0.2) is 41.0 Å². The van der Waals surface area contributed by atoms with Crippen molar-refractivity contribution in [2.75, 3.05) is 36.1 Å². The summed E-state index contributed by atoms with van der Waals surface area (Å²) >= 11 is 18.5. The Morgan fingerprint density at radius 2 is 1.39 bits per heavy atom. The molecule has 7 nitrogen and oxygen atoms in total. The van der Waals surface area contributed by atoms with Crippen LogP contribution in [0.4, 0.5) is 19.0 Å². The average molecular weight is 1090 g/mol. The van der Waals surface area contributed by atoms with E-state index in [0.717, 1.165) is 43.7 Å². The van der Waals surface area contributed by atoms with Gasteiger partial charge in [0, 0.05) is 29.2 Å². The summed E-state index contributed by atoms with van der Waals surface area (Å²) in [5, 5.41) is 13.2. The predicted molar refractivity (Wildman–Crippen MR) is 288 cm³/mol. The van der Waals surface area contributed by atoms with Crippen molar-refractivity contribution in [1.82, 2.24) is 9.97 Å². The van der Waals surface area contributed by atoms with Crippen molar-refractivity contribution in [1.29, 1.82) is 0 Å². The highest BCUT2D eigenvalue weighted by atomic mass is 79.9. The number of halogens is 5. The van der Waals surface area contributed by atoms with Gasteiger partial charge < -0.3 is 24.8 Å². The molecule has 2 heterocycles. The SMILES string of the molecule is [2H]C([2H])(Br)C#C.[2H]C([2H])([2H])Oc1cc(Cl)c(-c2nc(N(CC#C)[C@H](c3ccc(CO)c(F)c3)C([2H])([2H])C3CC3)sc2C)cc1C.[2H]C([2H])([2H])Oc1cc(Cl)c(-c2nc(N[C@@H](CC3CC3)c3ccc(CC)c(F)c3)sc2C)cc1C. The van der Waals surface area contributed by atoms with Crippen molar-refractivity contribution in [3.8, 4) is 58.7 Å². The molecule has 2 aliphatic rings. The lowest BCUT2D eigenvalue weighted by Crippen LogP contribution is -2.29. The molecule has 69 heavy (non-hydrogen) atoms. The molecule has 4 aromatic carbocycles. The summed E-state index contributed by atoms with van der Waals surface area (Å²) in [5.41, 5.74) is 5.94. The Balaban J connectivity index is 0.000000233. The molecule has 8 rings (SSSR count). The highest BCUT2D eigenvalue weighted by Crippen LogP contribution is 2.46. The number of alkyl halides is 1. The summed E-state index contributed by atoms with van der Waals surface area (Å²) < 4.78 is 115. The molecule has 2 fully saturated rings. The number of rotatable bonds is 17. The maximum Gasteiger partial charge on any atom is 0.187 e. The number of benzene rings is 4. The van der Waals surface area contributed by atoms with Crippen LogP contribution in [0.15, 0.2) is 60.7 Å². The Hall–Kier alpha value is -4.66. The van der Waals surface area contributed by atoms with Gasteiger partial charge in [0.25, 0.3) is 0 Å². The molecule has 0 saturated heterocycles. The fourth-order valence-corrected chi connectivity index (χ4v) is 9.94. The van der Waals surface area contributed by atoms with Crippen LogP contribution in [0.5, 0.6) is 11.5 Å². The number of hydrogen-bond acceptors (Lipinski definition) is 9. The molecule has 0 spiro atoms. The molecule has 0 aliphatic heterocycles. The van der Waals surface area contributed by atoms with Gasteiger partial charge in [0.2, 0.25) is 0 Å². The minimum Gasteiger partial charge on any atom is -0.496 e. The van der Waals surface area contributed by atoms with E-state index < -0.39 is 44.2 Å². The maximum absolute atomic E-state index is 14.8. The van der Waals surface area contributed by atoms with Crippen LogP contribution in [0.1, 0.15) is 114 Å². The van der Waals surface area contributed by atoms with Gasteiger partial charge in [-0.05, 0) is 123 Å². The fourth-order valence-electron chi connectivity index (χ4n) is 7.62. The summed E-state index contributed by atoms with van der Waals surface area (Å²) in [6, 6.07) is 15.4. The lowest BCUT2D eigenvalue weighted by molar-refractivity contribution is 0.275. The highest BCUT2D eigenvalue weighted by Gasteiger charge is 2.33. The minimum absolute atomic E-state index is 0.0186. The molecular weight excluding hydrogens is 1020 g/mol. The lowest BCUT2D eigenvalue weighted by Gasteiger charge is -2.31. The van der Waals surface area contributed by atoms with Crippen LogP contribution in [0, 0.1) is 75.9 Å². The van der Waals surface area contributed by atoms with Crippen molar-refractivity contribution in [3.05, 3.63) is 125 Å². The van der Waals surface area contributed by atoms with Crippen LogP contribution >= 0.6 is 61.8 Å². The third-order valence-electron chi connectivity index (χ3n) is 11.7. The number of methoxy groups -OCH3 is 2. The highest BCUT2D eigenvalue weighted by molar-refractivity contribution is 9.09. The third-order valence-corrected chi connectivity index (χ3v) is 14.4. The quantitative estimate of drug-likeness (QED) is 0.0696. The average Bonchev–Trinajstić information content (AvgIpc) is 4.39. The van der Waals surface area contributed by atoms with Crippen LogP contribution in [0.25, 0.3) is 22.5 Å². The van der Waals surface area contributed by atoms with Crippen molar-refractivity contribution in [3.63, 3.8) is 0 Å². The van der Waals surface area contributed by atoms with Crippen LogP contribution in [0.3, 0.4) is 0 Å². The molecule has 2 N–H and O–H groups in total. The van der Waals surface area contributed by atoms with E-state index >= 15 is 0 Å². The Morgan fingerprint density at radius 1 is 0.841 bits per heavy atom. The zero-order valence-corrected chi connectivity index (χ0v) is 43.4. The van der Waals surface area contributed by atoms with Gasteiger partial charge in [0.05, 0.1) is 77.0 Å². The van der Waals surface area contributed by atoms with Crippen LogP contribution < -0.4 is 19.7 Å². The first-order chi connectivity index (χ1) is 36.9. The van der Waals surface area contributed by atoms with Gasteiger partial charge in [0.1, 0.15) is 23.1 Å². The number of hydrogen-bond donors (Lipinski definition) is 2. The first kappa shape index (κ1) is 41.0. The van der Waals surface area contributed by atoms with Gasteiger partial charge in [-0.1, -0.05) is 108 Å². The van der Waals surface area contributed by atoms with E-state index in [-0.39, 0.29) is 46.4 Å². The first-order valence-corrected chi connectivity index (χ1v) is 25.3. The molecule has 6 aromatic rings. The van der Waals surface area contributed by atoms with E-state index in [2.05, 4.69) is 33.6 Å². The number of nitrogens with zero attached hydrogens (tertiary/aromatic N) is 3. The lowest BCUT2D eigenvalue weighted by atomic mass is 9.98. The standard InChI is InChI=1S/C27H28ClFN2O2S.C25H28ClFN2OS.C3H3Br/c1-5-10-31(24(12-18-6-7-18)19-8-9-20(15-32)23(29)13-19)27-30-26(17(3)34-27)21-11-16(2)25(33-4)14-22(21)28;1-5-17-8-9-18(12-21(17)27)22(11-16-6-7-16)28-25-29-24(15(3)31-25)19-10-14(2)23(30-4)13-20(19)26;1-2-3-4/h1,8-9,11,13-14,18,24,32H,6-7,10,12,15H2,2-4H3;8-10,12-13,16,22H,5-7,11H2,1-4H3,(H,28,29);1H,3H2/t24-;22-;/m00./s1/i4D3,12D2;4D3;3D2. The van der Waals surface area contributed by atoms with Crippen LogP contribution in [0.2, 0.25) is 10.0 Å². The van der Waals surface area contributed by atoms with Gasteiger partial charge in [-0.2, -0.15) is 0 Å². The Kier molecular flexibility index (Phi) is 14.8. The minimum atomic E-state index is -2.63. The molecule has 2 aliphatic carbocycles. The third kappa shape index (κ3) is 13.8. The summed E-state index contributed by atoms with van der Waals surface area (Å²) in [5.74, 6) is 4.46. The monoisotopic (exact) mass is 1080 g/mol.